The molecule has 1 heterocycles. The van der Waals surface area contributed by atoms with E-state index in [0.717, 1.165) is 6.07 Å². The number of ether oxygens (including phenoxy) is 1. The van der Waals surface area contributed by atoms with Crippen LogP contribution < -0.4 is 11.2 Å². The number of rotatable bonds is 6. The zero-order valence-corrected chi connectivity index (χ0v) is 11.4. The summed E-state index contributed by atoms with van der Waals surface area (Å²) in [5, 5.41) is 0. The lowest BCUT2D eigenvalue weighted by Gasteiger charge is -2.20. The first kappa shape index (κ1) is 15.7. The fourth-order valence-electron chi connectivity index (χ4n) is 1.68. The second-order valence-electron chi connectivity index (χ2n) is 4.09. The highest BCUT2D eigenvalue weighted by molar-refractivity contribution is 5.79. The molecule has 1 rings (SSSR count). The van der Waals surface area contributed by atoms with Crippen LogP contribution in [0, 0.1) is 0 Å². The molecule has 0 saturated carbocycles. The van der Waals surface area contributed by atoms with Crippen LogP contribution in [0.3, 0.4) is 0 Å². The highest BCUT2D eigenvalue weighted by atomic mass is 16.5. The lowest BCUT2D eigenvalue weighted by atomic mass is 10.2. The van der Waals surface area contributed by atoms with E-state index in [-0.39, 0.29) is 31.0 Å². The molecule has 0 aliphatic heterocycles. The molecule has 1 aromatic heterocycles. The topological polar surface area (TPSA) is 112 Å². The van der Waals surface area contributed by atoms with Crippen LogP contribution in [-0.2, 0) is 20.7 Å². The van der Waals surface area contributed by atoms with Crippen LogP contribution in [0.25, 0.3) is 0 Å². The Hall–Kier alpha value is -2.38. The summed E-state index contributed by atoms with van der Waals surface area (Å²) in [6.45, 7) is 2.43. The molecule has 20 heavy (non-hydrogen) atoms. The minimum Gasteiger partial charge on any atom is -0.469 e. The number of hydrogen-bond acceptors (Lipinski definition) is 5. The van der Waals surface area contributed by atoms with E-state index in [1.165, 1.54) is 12.0 Å². The Kier molecular flexibility index (Phi) is 5.70. The summed E-state index contributed by atoms with van der Waals surface area (Å²) in [4.78, 5) is 51.1. The number of aromatic amines is 2. The fraction of sp³-hybridized carbons (Fsp3) is 0.500. The van der Waals surface area contributed by atoms with Gasteiger partial charge in [-0.1, -0.05) is 0 Å². The summed E-state index contributed by atoms with van der Waals surface area (Å²) in [5.74, 6) is -0.682. The number of aromatic nitrogens is 2. The van der Waals surface area contributed by atoms with Crippen LogP contribution in [0.1, 0.15) is 19.0 Å². The highest BCUT2D eigenvalue weighted by Crippen LogP contribution is 1.99. The maximum atomic E-state index is 12.0. The molecule has 0 aliphatic rings. The van der Waals surface area contributed by atoms with Gasteiger partial charge in [-0.15, -0.1) is 0 Å². The van der Waals surface area contributed by atoms with Crippen molar-refractivity contribution in [3.05, 3.63) is 32.6 Å². The van der Waals surface area contributed by atoms with E-state index in [1.54, 1.807) is 6.92 Å². The maximum absolute atomic E-state index is 12.0. The highest BCUT2D eigenvalue weighted by Gasteiger charge is 2.14. The van der Waals surface area contributed by atoms with Crippen molar-refractivity contribution < 1.29 is 14.3 Å². The van der Waals surface area contributed by atoms with Crippen molar-refractivity contribution in [3.8, 4) is 0 Å². The molecule has 2 N–H and O–H groups in total. The second-order valence-corrected chi connectivity index (χ2v) is 4.09. The molecule has 0 spiro atoms. The molecule has 1 aromatic rings. The molecule has 1 amide bonds. The zero-order chi connectivity index (χ0) is 15.1. The van der Waals surface area contributed by atoms with Gasteiger partial charge in [0.2, 0.25) is 5.91 Å². The van der Waals surface area contributed by atoms with Crippen LogP contribution in [0.4, 0.5) is 0 Å². The minimum atomic E-state index is -0.655. The van der Waals surface area contributed by atoms with Crippen LogP contribution in [0.2, 0.25) is 0 Å². The van der Waals surface area contributed by atoms with Gasteiger partial charge in [0.25, 0.3) is 5.56 Å². The van der Waals surface area contributed by atoms with Crippen molar-refractivity contribution in [2.75, 3.05) is 20.2 Å². The van der Waals surface area contributed by atoms with Gasteiger partial charge in [-0.25, -0.2) is 4.79 Å². The third-order valence-electron chi connectivity index (χ3n) is 2.71. The van der Waals surface area contributed by atoms with Crippen molar-refractivity contribution in [1.82, 2.24) is 14.9 Å². The van der Waals surface area contributed by atoms with Crippen LogP contribution in [0.5, 0.6) is 0 Å². The van der Waals surface area contributed by atoms with Crippen molar-refractivity contribution in [1.29, 1.82) is 0 Å². The lowest BCUT2D eigenvalue weighted by Crippen LogP contribution is -2.35. The van der Waals surface area contributed by atoms with Crippen LogP contribution in [0.15, 0.2) is 15.7 Å². The standard InChI is InChI=1S/C12H17N3O5/c1-3-15(5-4-11(18)20-2)10(17)7-8-6-9(16)14-12(19)13-8/h6H,3-5,7H2,1-2H3,(H2,13,14,16,19). The number of amides is 1. The van der Waals surface area contributed by atoms with E-state index >= 15 is 0 Å². The number of esters is 1. The molecule has 8 nitrogen and oxygen atoms in total. The fourth-order valence-corrected chi connectivity index (χ4v) is 1.68. The molecule has 0 aromatic carbocycles. The van der Waals surface area contributed by atoms with Gasteiger partial charge in [0, 0.05) is 24.8 Å². The number of nitrogens with one attached hydrogen (secondary N) is 2. The van der Waals surface area contributed by atoms with Crippen LogP contribution >= 0.6 is 0 Å². The monoisotopic (exact) mass is 283 g/mol. The summed E-state index contributed by atoms with van der Waals surface area (Å²) in [6.07, 6.45) is -0.00382. The van der Waals surface area contributed by atoms with Crippen molar-refractivity contribution >= 4 is 11.9 Å². The number of likely N-dealkylation sites (N-methyl/N-ethyl adjacent to an activating group) is 1. The van der Waals surface area contributed by atoms with Crippen LogP contribution in [-0.4, -0.2) is 46.9 Å². The third kappa shape index (κ3) is 4.71. The number of carbonyl (C=O) groups is 2. The summed E-state index contributed by atoms with van der Waals surface area (Å²) in [5.41, 5.74) is -0.979. The number of nitrogens with zero attached hydrogens (tertiary/aromatic N) is 1. The minimum absolute atomic E-state index is 0.0992. The predicted octanol–water partition coefficient (Wildman–Crippen LogP) is -0.983. The number of H-pyrrole nitrogens is 2. The maximum Gasteiger partial charge on any atom is 0.325 e. The van der Waals surface area contributed by atoms with Gasteiger partial charge in [0.15, 0.2) is 0 Å². The van der Waals surface area contributed by atoms with Crippen molar-refractivity contribution in [3.63, 3.8) is 0 Å². The SMILES string of the molecule is CCN(CCC(=O)OC)C(=O)Cc1cc(=O)[nH]c(=O)[nH]1. The van der Waals surface area contributed by atoms with Gasteiger partial charge < -0.3 is 14.6 Å². The quantitative estimate of drug-likeness (QED) is 0.651. The Labute approximate surface area is 114 Å². The number of carbonyl (C=O) groups excluding carboxylic acids is 2. The van der Waals surface area contributed by atoms with Crippen molar-refractivity contribution in [2.24, 2.45) is 0 Å². The molecule has 0 bridgehead atoms. The van der Waals surface area contributed by atoms with E-state index in [9.17, 15) is 19.2 Å². The van der Waals surface area contributed by atoms with Gasteiger partial charge in [0.05, 0.1) is 20.0 Å². The predicted molar refractivity (Wildman–Crippen MR) is 70.3 cm³/mol. The van der Waals surface area contributed by atoms with E-state index in [1.807, 2.05) is 4.98 Å². The summed E-state index contributed by atoms with van der Waals surface area (Å²) >= 11 is 0. The van der Waals surface area contributed by atoms with Gasteiger partial charge in [-0.3, -0.25) is 19.4 Å². The average Bonchev–Trinajstić information content (AvgIpc) is 2.37. The van der Waals surface area contributed by atoms with Crippen molar-refractivity contribution in [2.45, 2.75) is 19.8 Å². The van der Waals surface area contributed by atoms with E-state index < -0.39 is 17.2 Å². The van der Waals surface area contributed by atoms with Gasteiger partial charge in [-0.05, 0) is 6.92 Å². The Morgan fingerprint density at radius 2 is 2.00 bits per heavy atom. The zero-order valence-electron chi connectivity index (χ0n) is 11.4. The first-order valence-corrected chi connectivity index (χ1v) is 6.13. The molecule has 0 fully saturated rings. The van der Waals surface area contributed by atoms with E-state index in [4.69, 9.17) is 0 Å². The second kappa shape index (κ2) is 7.27. The third-order valence-corrected chi connectivity index (χ3v) is 2.71. The lowest BCUT2D eigenvalue weighted by molar-refractivity contribution is -0.141. The number of methoxy groups -OCH3 is 1. The number of hydrogen-bond donors (Lipinski definition) is 2. The molecule has 0 saturated heterocycles. The normalized spacial score (nSPS) is 10.1. The largest absolute Gasteiger partial charge is 0.469 e. The summed E-state index contributed by atoms with van der Waals surface area (Å²) in [6, 6.07) is 1.16. The van der Waals surface area contributed by atoms with Gasteiger partial charge in [-0.2, -0.15) is 0 Å². The molecule has 8 heteroatoms. The Balaban J connectivity index is 2.69. The molecule has 0 aliphatic carbocycles. The molecular formula is C12H17N3O5. The average molecular weight is 283 g/mol. The molecule has 0 unspecified atom stereocenters. The molecular weight excluding hydrogens is 266 g/mol. The first-order chi connectivity index (χ1) is 9.46. The van der Waals surface area contributed by atoms with Gasteiger partial charge in [0.1, 0.15) is 0 Å². The van der Waals surface area contributed by atoms with E-state index in [2.05, 4.69) is 9.72 Å². The molecule has 0 atom stereocenters. The first-order valence-electron chi connectivity index (χ1n) is 6.13. The Bertz CT molecular complexity index is 561. The van der Waals surface area contributed by atoms with Gasteiger partial charge >= 0.3 is 11.7 Å². The Morgan fingerprint density at radius 1 is 1.30 bits per heavy atom. The van der Waals surface area contributed by atoms with E-state index in [0.29, 0.717) is 6.54 Å². The summed E-state index contributed by atoms with van der Waals surface area (Å²) in [7, 11) is 1.28. The molecule has 0 radical (unpaired) electrons. The Morgan fingerprint density at radius 3 is 2.55 bits per heavy atom. The summed E-state index contributed by atoms with van der Waals surface area (Å²) < 4.78 is 4.50. The molecule has 110 valence electrons. The smallest absolute Gasteiger partial charge is 0.325 e.